The molecule has 1 aliphatic heterocycles. The number of rotatable bonds is 9. The van der Waals surface area contributed by atoms with Crippen molar-refractivity contribution in [2.45, 2.75) is 44.1 Å². The van der Waals surface area contributed by atoms with Crippen molar-refractivity contribution in [2.75, 3.05) is 53.7 Å². The van der Waals surface area contributed by atoms with Crippen molar-refractivity contribution in [3.63, 3.8) is 0 Å². The van der Waals surface area contributed by atoms with Gasteiger partial charge in [-0.2, -0.15) is 0 Å². The Kier molecular flexibility index (Phi) is 8.54. The summed E-state index contributed by atoms with van der Waals surface area (Å²) in [6.45, 7) is 3.57. The standard InChI is InChI=1S/C23H34N2O6/c1-28-19-7-6-18(20(15-19)29-2)14-22(27)31-16-21(26)24-17-23(8-4-3-5-9-23)25-10-12-30-13-11-25/h6-7,15H,3-5,8-14,16-17H2,1-2H3,(H,24,26). The monoisotopic (exact) mass is 434 g/mol. The fourth-order valence-corrected chi connectivity index (χ4v) is 4.52. The molecule has 1 aromatic carbocycles. The zero-order chi connectivity index (χ0) is 22.1. The molecule has 8 heteroatoms. The zero-order valence-corrected chi connectivity index (χ0v) is 18.6. The van der Waals surface area contributed by atoms with Gasteiger partial charge in [-0.05, 0) is 18.9 Å². The van der Waals surface area contributed by atoms with E-state index in [9.17, 15) is 9.59 Å². The van der Waals surface area contributed by atoms with E-state index < -0.39 is 5.97 Å². The summed E-state index contributed by atoms with van der Waals surface area (Å²) in [5, 5.41) is 3.01. The first-order chi connectivity index (χ1) is 15.1. The van der Waals surface area contributed by atoms with E-state index in [-0.39, 0.29) is 24.5 Å². The molecule has 0 bridgehead atoms. The highest BCUT2D eigenvalue weighted by atomic mass is 16.5. The van der Waals surface area contributed by atoms with Crippen LogP contribution in [0.15, 0.2) is 18.2 Å². The van der Waals surface area contributed by atoms with Crippen molar-refractivity contribution >= 4 is 11.9 Å². The number of ether oxygens (including phenoxy) is 4. The van der Waals surface area contributed by atoms with Crippen LogP contribution in [0.2, 0.25) is 0 Å². The second kappa shape index (κ2) is 11.3. The average molecular weight is 435 g/mol. The molecule has 1 amide bonds. The summed E-state index contributed by atoms with van der Waals surface area (Å²) in [4.78, 5) is 27.1. The summed E-state index contributed by atoms with van der Waals surface area (Å²) in [5.41, 5.74) is 0.667. The minimum absolute atomic E-state index is 0.0157. The summed E-state index contributed by atoms with van der Waals surface area (Å²) >= 11 is 0. The Morgan fingerprint density at radius 1 is 1.10 bits per heavy atom. The largest absolute Gasteiger partial charge is 0.497 e. The lowest BCUT2D eigenvalue weighted by Crippen LogP contribution is -2.59. The topological polar surface area (TPSA) is 86.3 Å². The first-order valence-corrected chi connectivity index (χ1v) is 11.0. The van der Waals surface area contributed by atoms with Crippen molar-refractivity contribution in [3.8, 4) is 11.5 Å². The summed E-state index contributed by atoms with van der Waals surface area (Å²) in [6.07, 6.45) is 5.76. The molecule has 1 saturated carbocycles. The number of amides is 1. The highest BCUT2D eigenvalue weighted by Gasteiger charge is 2.38. The highest BCUT2D eigenvalue weighted by molar-refractivity contribution is 5.81. The van der Waals surface area contributed by atoms with Gasteiger partial charge in [0, 0.05) is 36.8 Å². The second-order valence-corrected chi connectivity index (χ2v) is 8.18. The van der Waals surface area contributed by atoms with Crippen LogP contribution >= 0.6 is 0 Å². The number of carbonyl (C=O) groups excluding carboxylic acids is 2. The average Bonchev–Trinajstić information content (AvgIpc) is 2.83. The highest BCUT2D eigenvalue weighted by Crippen LogP contribution is 2.33. The summed E-state index contributed by atoms with van der Waals surface area (Å²) in [6, 6.07) is 5.23. The van der Waals surface area contributed by atoms with E-state index in [2.05, 4.69) is 10.2 Å². The number of nitrogens with zero attached hydrogens (tertiary/aromatic N) is 1. The molecule has 8 nitrogen and oxygen atoms in total. The molecule has 1 heterocycles. The predicted octanol–water partition coefficient (Wildman–Crippen LogP) is 1.94. The third-order valence-corrected chi connectivity index (χ3v) is 6.27. The minimum Gasteiger partial charge on any atom is -0.497 e. The third-order valence-electron chi connectivity index (χ3n) is 6.27. The van der Waals surface area contributed by atoms with Gasteiger partial charge in [0.05, 0.1) is 33.9 Å². The SMILES string of the molecule is COc1ccc(CC(=O)OCC(=O)NCC2(N3CCOCC3)CCCCC2)c(OC)c1. The Morgan fingerprint density at radius 3 is 2.52 bits per heavy atom. The fraction of sp³-hybridized carbons (Fsp3) is 0.652. The quantitative estimate of drug-likeness (QED) is 0.595. The number of nitrogens with one attached hydrogen (secondary N) is 1. The first-order valence-electron chi connectivity index (χ1n) is 11.0. The molecule has 2 aliphatic rings. The number of benzene rings is 1. The van der Waals surface area contributed by atoms with Crippen molar-refractivity contribution in [1.82, 2.24) is 10.2 Å². The van der Waals surface area contributed by atoms with Crippen molar-refractivity contribution in [3.05, 3.63) is 23.8 Å². The van der Waals surface area contributed by atoms with E-state index >= 15 is 0 Å². The van der Waals surface area contributed by atoms with Gasteiger partial charge in [0.25, 0.3) is 5.91 Å². The molecular formula is C23H34N2O6. The Bertz CT molecular complexity index is 742. The molecule has 1 N–H and O–H groups in total. The normalized spacial score (nSPS) is 18.8. The van der Waals surface area contributed by atoms with E-state index in [1.54, 1.807) is 25.3 Å². The zero-order valence-electron chi connectivity index (χ0n) is 18.6. The lowest BCUT2D eigenvalue weighted by molar-refractivity contribution is -0.148. The number of hydrogen-bond donors (Lipinski definition) is 1. The molecule has 1 aliphatic carbocycles. The van der Waals surface area contributed by atoms with Crippen LogP contribution in [-0.4, -0.2) is 76.0 Å². The van der Waals surface area contributed by atoms with Crippen molar-refractivity contribution in [1.29, 1.82) is 0 Å². The first kappa shape index (κ1) is 23.3. The summed E-state index contributed by atoms with van der Waals surface area (Å²) in [5.74, 6) is 0.447. The number of methoxy groups -OCH3 is 2. The van der Waals surface area contributed by atoms with Crippen LogP contribution in [0, 0.1) is 0 Å². The molecule has 0 unspecified atom stereocenters. The van der Waals surface area contributed by atoms with E-state index in [0.29, 0.717) is 23.6 Å². The third kappa shape index (κ3) is 6.33. The maximum absolute atomic E-state index is 12.4. The molecule has 0 aromatic heterocycles. The van der Waals surface area contributed by atoms with Crippen LogP contribution in [0.1, 0.15) is 37.7 Å². The van der Waals surface area contributed by atoms with E-state index in [1.807, 2.05) is 0 Å². The van der Waals surface area contributed by atoms with Crippen molar-refractivity contribution < 1.29 is 28.5 Å². The van der Waals surface area contributed by atoms with Gasteiger partial charge < -0.3 is 24.3 Å². The van der Waals surface area contributed by atoms with Crippen LogP contribution in [0.5, 0.6) is 11.5 Å². The number of morpholine rings is 1. The molecule has 31 heavy (non-hydrogen) atoms. The molecule has 0 radical (unpaired) electrons. The van der Waals surface area contributed by atoms with Gasteiger partial charge in [-0.25, -0.2) is 0 Å². The lowest BCUT2D eigenvalue weighted by atomic mass is 9.79. The molecule has 1 saturated heterocycles. The summed E-state index contributed by atoms with van der Waals surface area (Å²) in [7, 11) is 3.10. The van der Waals surface area contributed by atoms with Crippen molar-refractivity contribution in [2.24, 2.45) is 0 Å². The van der Waals surface area contributed by atoms with Crippen LogP contribution in [0.25, 0.3) is 0 Å². The smallest absolute Gasteiger partial charge is 0.310 e. The second-order valence-electron chi connectivity index (χ2n) is 8.18. The maximum atomic E-state index is 12.4. The molecular weight excluding hydrogens is 400 g/mol. The fourth-order valence-electron chi connectivity index (χ4n) is 4.52. The molecule has 0 spiro atoms. The Morgan fingerprint density at radius 2 is 1.84 bits per heavy atom. The molecule has 172 valence electrons. The lowest BCUT2D eigenvalue weighted by Gasteiger charge is -2.48. The Hall–Kier alpha value is -2.32. The van der Waals surface area contributed by atoms with Gasteiger partial charge >= 0.3 is 5.97 Å². The van der Waals surface area contributed by atoms with Crippen LogP contribution in [0.4, 0.5) is 0 Å². The van der Waals surface area contributed by atoms with Gasteiger partial charge in [-0.1, -0.05) is 25.3 Å². The molecule has 1 aromatic rings. The van der Waals surface area contributed by atoms with Gasteiger partial charge in [-0.15, -0.1) is 0 Å². The summed E-state index contributed by atoms with van der Waals surface area (Å²) < 4.78 is 21.2. The van der Waals surface area contributed by atoms with Gasteiger partial charge in [0.2, 0.25) is 0 Å². The molecule has 0 atom stereocenters. The van der Waals surface area contributed by atoms with E-state index in [1.165, 1.54) is 26.4 Å². The number of hydrogen-bond acceptors (Lipinski definition) is 7. The number of esters is 1. The van der Waals surface area contributed by atoms with Crippen LogP contribution in [-0.2, 0) is 25.5 Å². The van der Waals surface area contributed by atoms with E-state index in [4.69, 9.17) is 18.9 Å². The van der Waals surface area contributed by atoms with Crippen LogP contribution < -0.4 is 14.8 Å². The van der Waals surface area contributed by atoms with Gasteiger partial charge in [0.1, 0.15) is 11.5 Å². The van der Waals surface area contributed by atoms with Crippen LogP contribution in [0.3, 0.4) is 0 Å². The Balaban J connectivity index is 1.48. The Labute approximate surface area is 184 Å². The minimum atomic E-state index is -0.473. The van der Waals surface area contributed by atoms with Gasteiger partial charge in [0.15, 0.2) is 6.61 Å². The van der Waals surface area contributed by atoms with Gasteiger partial charge in [-0.3, -0.25) is 14.5 Å². The molecule has 2 fully saturated rings. The number of carbonyl (C=O) groups is 2. The maximum Gasteiger partial charge on any atom is 0.310 e. The van der Waals surface area contributed by atoms with E-state index in [0.717, 1.165) is 39.1 Å². The molecule has 3 rings (SSSR count). The predicted molar refractivity (Wildman–Crippen MR) is 115 cm³/mol.